The van der Waals surface area contributed by atoms with E-state index in [9.17, 15) is 4.79 Å². The zero-order chi connectivity index (χ0) is 9.26. The first kappa shape index (κ1) is 8.23. The molecule has 1 aromatic rings. The highest BCUT2D eigenvalue weighted by Crippen LogP contribution is 2.20. The van der Waals surface area contributed by atoms with Crippen molar-refractivity contribution in [1.29, 1.82) is 0 Å². The second-order valence-electron chi connectivity index (χ2n) is 3.37. The number of aromatic nitrogens is 1. The van der Waals surface area contributed by atoms with Gasteiger partial charge in [0.25, 0.3) is 0 Å². The second kappa shape index (κ2) is 3.17. The molecule has 2 rings (SSSR count). The van der Waals surface area contributed by atoms with Gasteiger partial charge in [-0.1, -0.05) is 6.07 Å². The van der Waals surface area contributed by atoms with Crippen molar-refractivity contribution in [2.45, 2.75) is 25.7 Å². The molecule has 1 aromatic heterocycles. The molecule has 3 nitrogen and oxygen atoms in total. The molecule has 1 aliphatic carbocycles. The van der Waals surface area contributed by atoms with E-state index in [0.717, 1.165) is 30.5 Å². The summed E-state index contributed by atoms with van der Waals surface area (Å²) in [5.41, 5.74) is 3.20. The Bertz CT molecular complexity index is 347. The molecule has 0 amide bonds. The normalized spacial score (nSPS) is 14.2. The van der Waals surface area contributed by atoms with Crippen LogP contribution in [0.4, 0.5) is 0 Å². The van der Waals surface area contributed by atoms with Gasteiger partial charge in [0, 0.05) is 11.9 Å². The highest BCUT2D eigenvalue weighted by atomic mass is 16.4. The summed E-state index contributed by atoms with van der Waals surface area (Å²) in [6, 6.07) is 1.98. The Hall–Kier alpha value is -1.38. The summed E-state index contributed by atoms with van der Waals surface area (Å²) in [7, 11) is 0. The Morgan fingerprint density at radius 2 is 2.38 bits per heavy atom. The van der Waals surface area contributed by atoms with Gasteiger partial charge in [0.15, 0.2) is 0 Å². The molecule has 0 spiro atoms. The molecular weight excluding hydrogens is 166 g/mol. The Morgan fingerprint density at radius 3 is 3.15 bits per heavy atom. The molecule has 0 fully saturated rings. The van der Waals surface area contributed by atoms with E-state index in [1.165, 1.54) is 5.56 Å². The van der Waals surface area contributed by atoms with Crippen LogP contribution in [0.5, 0.6) is 0 Å². The van der Waals surface area contributed by atoms with Crippen molar-refractivity contribution in [3.63, 3.8) is 0 Å². The number of hydrogen-bond acceptors (Lipinski definition) is 2. The topological polar surface area (TPSA) is 50.2 Å². The van der Waals surface area contributed by atoms with Gasteiger partial charge in [-0.25, -0.2) is 0 Å². The maximum atomic E-state index is 10.4. The molecule has 0 aliphatic heterocycles. The third-order valence-electron chi connectivity index (χ3n) is 2.33. The second-order valence-corrected chi connectivity index (χ2v) is 3.37. The predicted octanol–water partition coefficient (Wildman–Crippen LogP) is 1.20. The average Bonchev–Trinajstić information content (AvgIpc) is 2.49. The molecule has 1 aliphatic rings. The maximum absolute atomic E-state index is 10.4. The van der Waals surface area contributed by atoms with Crippen LogP contribution in [0.15, 0.2) is 12.3 Å². The van der Waals surface area contributed by atoms with Crippen molar-refractivity contribution in [2.75, 3.05) is 0 Å². The Morgan fingerprint density at radius 1 is 1.54 bits per heavy atom. The van der Waals surface area contributed by atoms with Crippen LogP contribution in [0.1, 0.15) is 23.2 Å². The van der Waals surface area contributed by atoms with Crippen molar-refractivity contribution in [3.8, 4) is 0 Å². The van der Waals surface area contributed by atoms with E-state index in [1.807, 2.05) is 6.07 Å². The largest absolute Gasteiger partial charge is 0.481 e. The van der Waals surface area contributed by atoms with E-state index in [0.29, 0.717) is 0 Å². The van der Waals surface area contributed by atoms with Gasteiger partial charge in [-0.05, 0) is 30.4 Å². The summed E-state index contributed by atoms with van der Waals surface area (Å²) in [5, 5.41) is 8.59. The third kappa shape index (κ3) is 1.69. The molecule has 0 unspecified atom stereocenters. The van der Waals surface area contributed by atoms with Crippen molar-refractivity contribution in [2.24, 2.45) is 0 Å². The van der Waals surface area contributed by atoms with Gasteiger partial charge in [-0.3, -0.25) is 9.78 Å². The van der Waals surface area contributed by atoms with Gasteiger partial charge in [-0.15, -0.1) is 0 Å². The summed E-state index contributed by atoms with van der Waals surface area (Å²) in [6.07, 6.45) is 5.01. The van der Waals surface area contributed by atoms with E-state index >= 15 is 0 Å². The third-order valence-corrected chi connectivity index (χ3v) is 2.33. The van der Waals surface area contributed by atoms with Gasteiger partial charge in [0.05, 0.1) is 6.42 Å². The average molecular weight is 177 g/mol. The molecule has 3 heteroatoms. The first-order valence-electron chi connectivity index (χ1n) is 4.44. The number of hydrogen-bond donors (Lipinski definition) is 1. The highest BCUT2D eigenvalue weighted by molar-refractivity contribution is 5.70. The minimum atomic E-state index is -0.792. The first-order valence-corrected chi connectivity index (χ1v) is 4.44. The lowest BCUT2D eigenvalue weighted by Gasteiger charge is -2.00. The van der Waals surface area contributed by atoms with E-state index in [-0.39, 0.29) is 6.42 Å². The van der Waals surface area contributed by atoms with E-state index in [4.69, 9.17) is 5.11 Å². The molecule has 1 N–H and O–H groups in total. The van der Waals surface area contributed by atoms with Crippen LogP contribution in [-0.4, -0.2) is 16.1 Å². The van der Waals surface area contributed by atoms with Crippen molar-refractivity contribution in [3.05, 3.63) is 29.1 Å². The number of pyridine rings is 1. The summed E-state index contributed by atoms with van der Waals surface area (Å²) < 4.78 is 0. The van der Waals surface area contributed by atoms with Crippen LogP contribution in [-0.2, 0) is 24.1 Å². The first-order chi connectivity index (χ1) is 6.25. The fourth-order valence-corrected chi connectivity index (χ4v) is 1.75. The number of nitrogens with zero attached hydrogens (tertiary/aromatic N) is 1. The highest BCUT2D eigenvalue weighted by Gasteiger charge is 2.12. The lowest BCUT2D eigenvalue weighted by atomic mass is 10.1. The molecular formula is C10H11NO2. The van der Waals surface area contributed by atoms with Gasteiger partial charge >= 0.3 is 5.97 Å². The van der Waals surface area contributed by atoms with Crippen LogP contribution in [0.2, 0.25) is 0 Å². The number of aliphatic carboxylic acids is 1. The Balaban J connectivity index is 2.25. The van der Waals surface area contributed by atoms with Gasteiger partial charge in [0.1, 0.15) is 0 Å². The molecule has 0 aromatic carbocycles. The minimum absolute atomic E-state index is 0.0836. The van der Waals surface area contributed by atoms with Gasteiger partial charge < -0.3 is 5.11 Å². The predicted molar refractivity (Wildman–Crippen MR) is 47.6 cm³/mol. The SMILES string of the molecule is O=C(O)Cc1cnc2c(c1)CCC2. The molecule has 0 atom stereocenters. The number of aryl methyl sites for hydroxylation is 2. The van der Waals surface area contributed by atoms with Crippen molar-refractivity contribution in [1.82, 2.24) is 4.98 Å². The molecule has 0 radical (unpaired) electrons. The maximum Gasteiger partial charge on any atom is 0.307 e. The number of rotatable bonds is 2. The van der Waals surface area contributed by atoms with Crippen molar-refractivity contribution < 1.29 is 9.90 Å². The fraction of sp³-hybridized carbons (Fsp3) is 0.400. The number of carboxylic acid groups (broad SMARTS) is 1. The zero-order valence-corrected chi connectivity index (χ0v) is 7.29. The molecule has 1 heterocycles. The summed E-state index contributed by atoms with van der Waals surface area (Å²) in [6.45, 7) is 0. The van der Waals surface area contributed by atoms with Gasteiger partial charge in [-0.2, -0.15) is 0 Å². The summed E-state index contributed by atoms with van der Waals surface area (Å²) in [5.74, 6) is -0.792. The van der Waals surface area contributed by atoms with E-state index in [2.05, 4.69) is 4.98 Å². The Labute approximate surface area is 76.4 Å². The summed E-state index contributed by atoms with van der Waals surface area (Å²) >= 11 is 0. The molecule has 0 bridgehead atoms. The quantitative estimate of drug-likeness (QED) is 0.738. The van der Waals surface area contributed by atoms with Crippen LogP contribution >= 0.6 is 0 Å². The van der Waals surface area contributed by atoms with Crippen LogP contribution < -0.4 is 0 Å². The Kier molecular flexibility index (Phi) is 2.00. The van der Waals surface area contributed by atoms with Crippen LogP contribution in [0.25, 0.3) is 0 Å². The number of carboxylic acids is 1. The van der Waals surface area contributed by atoms with Gasteiger partial charge in [0.2, 0.25) is 0 Å². The molecule has 0 saturated carbocycles. The molecule has 13 heavy (non-hydrogen) atoms. The lowest BCUT2D eigenvalue weighted by molar-refractivity contribution is -0.136. The minimum Gasteiger partial charge on any atom is -0.481 e. The van der Waals surface area contributed by atoms with Crippen LogP contribution in [0, 0.1) is 0 Å². The zero-order valence-electron chi connectivity index (χ0n) is 7.29. The van der Waals surface area contributed by atoms with Crippen LogP contribution in [0.3, 0.4) is 0 Å². The fourth-order valence-electron chi connectivity index (χ4n) is 1.75. The number of carbonyl (C=O) groups is 1. The smallest absolute Gasteiger partial charge is 0.307 e. The monoisotopic (exact) mass is 177 g/mol. The molecule has 0 saturated heterocycles. The standard InChI is InChI=1S/C10H11NO2/c12-10(13)5-7-4-8-2-1-3-9(8)11-6-7/h4,6H,1-3,5H2,(H,12,13). The van der Waals surface area contributed by atoms with E-state index < -0.39 is 5.97 Å². The summed E-state index contributed by atoms with van der Waals surface area (Å²) in [4.78, 5) is 14.7. The molecule has 68 valence electrons. The number of fused-ring (bicyclic) bond motifs is 1. The van der Waals surface area contributed by atoms with E-state index in [1.54, 1.807) is 6.20 Å². The van der Waals surface area contributed by atoms with Crippen molar-refractivity contribution >= 4 is 5.97 Å². The lowest BCUT2D eigenvalue weighted by Crippen LogP contribution is -2.01.